The Hall–Kier alpha value is -1.69. The number of aliphatic carboxylic acids is 1. The van der Waals surface area contributed by atoms with Crippen molar-refractivity contribution in [3.05, 3.63) is 40.4 Å². The number of anilines is 1. The molecule has 0 saturated heterocycles. The van der Waals surface area contributed by atoms with Crippen LogP contribution in [0.3, 0.4) is 0 Å². The van der Waals surface area contributed by atoms with Gasteiger partial charge in [-0.3, -0.25) is 0 Å². The first-order valence-corrected chi connectivity index (χ1v) is 6.72. The van der Waals surface area contributed by atoms with Gasteiger partial charge in [0.25, 0.3) is 0 Å². The molecule has 0 amide bonds. The minimum absolute atomic E-state index is 0.198. The normalized spacial score (nSPS) is 27.0. The lowest BCUT2D eigenvalue weighted by atomic mass is 9.78. The van der Waals surface area contributed by atoms with E-state index >= 15 is 0 Å². The summed E-state index contributed by atoms with van der Waals surface area (Å²) >= 11 is 6.05. The highest BCUT2D eigenvalue weighted by atomic mass is 35.5. The fourth-order valence-corrected chi connectivity index (χ4v) is 3.42. The second-order valence-electron chi connectivity index (χ2n) is 5.18. The number of carbonyl (C=O) groups excluding carboxylic acids is 1. The van der Waals surface area contributed by atoms with Gasteiger partial charge in [0.1, 0.15) is 0 Å². The Morgan fingerprint density at radius 1 is 1.38 bits per heavy atom. The molecule has 1 aromatic rings. The van der Waals surface area contributed by atoms with E-state index in [1.54, 1.807) is 12.2 Å². The predicted molar refractivity (Wildman–Crippen MR) is 68.9 cm³/mol. The molecule has 1 heterocycles. The molecule has 3 atom stereocenters. The molecule has 0 fully saturated rings. The van der Waals surface area contributed by atoms with E-state index in [9.17, 15) is 23.1 Å². The van der Waals surface area contributed by atoms with Gasteiger partial charge in [0.2, 0.25) is 0 Å². The number of hydrogen-bond acceptors (Lipinski definition) is 3. The van der Waals surface area contributed by atoms with Crippen molar-refractivity contribution in [2.24, 2.45) is 5.92 Å². The van der Waals surface area contributed by atoms with Crippen molar-refractivity contribution >= 4 is 23.3 Å². The van der Waals surface area contributed by atoms with Gasteiger partial charge < -0.3 is 15.2 Å². The number of halogens is 4. The highest BCUT2D eigenvalue weighted by Crippen LogP contribution is 2.50. The minimum Gasteiger partial charge on any atom is -0.548 e. The van der Waals surface area contributed by atoms with Gasteiger partial charge in [0.05, 0.1) is 23.3 Å². The molecule has 3 rings (SSSR count). The summed E-state index contributed by atoms with van der Waals surface area (Å²) in [4.78, 5) is 11.2. The quantitative estimate of drug-likeness (QED) is 0.810. The number of fused-ring (bicyclic) bond motifs is 3. The molecule has 0 saturated carbocycles. The second kappa shape index (κ2) is 4.66. The number of allylic oxidation sites excluding steroid dienone is 2. The molecule has 0 aromatic heterocycles. The standard InChI is InChI=1S/C14H11ClF3NO2/c15-9-5-4-8(14(16,17)18)12-10(9)6-2-1-3-7(6)11(19-12)13(20)21/h1-2,4-7,11,19H,3H2,(H,20,21)/p-1/t6-,7+,11+/m1/s1. The fourth-order valence-electron chi connectivity index (χ4n) is 3.13. The summed E-state index contributed by atoms with van der Waals surface area (Å²) in [5, 5.41) is 13.9. The van der Waals surface area contributed by atoms with Gasteiger partial charge in [0.15, 0.2) is 0 Å². The molecule has 1 N–H and O–H groups in total. The van der Waals surface area contributed by atoms with Crippen LogP contribution in [-0.2, 0) is 11.0 Å². The SMILES string of the molecule is O=C([O-])[C@H]1Nc2c(C(F)(F)F)ccc(Cl)c2[C@@H]2C=CC[C@H]12. The van der Waals surface area contributed by atoms with Crippen molar-refractivity contribution in [3.8, 4) is 0 Å². The molecule has 0 unspecified atom stereocenters. The molecule has 1 aromatic carbocycles. The van der Waals surface area contributed by atoms with Crippen LogP contribution in [0.15, 0.2) is 24.3 Å². The zero-order chi connectivity index (χ0) is 15.4. The summed E-state index contributed by atoms with van der Waals surface area (Å²) in [5.41, 5.74) is -0.855. The van der Waals surface area contributed by atoms with Gasteiger partial charge in [-0.25, -0.2) is 0 Å². The minimum atomic E-state index is -4.59. The van der Waals surface area contributed by atoms with Crippen LogP contribution in [0.4, 0.5) is 18.9 Å². The molecular weight excluding hydrogens is 307 g/mol. The average molecular weight is 317 g/mol. The zero-order valence-corrected chi connectivity index (χ0v) is 11.3. The number of hydrogen-bond donors (Lipinski definition) is 1. The molecule has 0 spiro atoms. The Kier molecular flexibility index (Phi) is 3.16. The van der Waals surface area contributed by atoms with Crippen LogP contribution in [0.25, 0.3) is 0 Å². The second-order valence-corrected chi connectivity index (χ2v) is 5.58. The lowest BCUT2D eigenvalue weighted by Crippen LogP contribution is -2.49. The van der Waals surface area contributed by atoms with Crippen LogP contribution in [0.1, 0.15) is 23.5 Å². The topological polar surface area (TPSA) is 52.2 Å². The molecule has 2 aliphatic rings. The summed E-state index contributed by atoms with van der Waals surface area (Å²) in [6.45, 7) is 0. The highest BCUT2D eigenvalue weighted by molar-refractivity contribution is 6.32. The van der Waals surface area contributed by atoms with Crippen LogP contribution < -0.4 is 10.4 Å². The lowest BCUT2D eigenvalue weighted by Gasteiger charge is -2.39. The fraction of sp³-hybridized carbons (Fsp3) is 0.357. The van der Waals surface area contributed by atoms with Gasteiger partial charge in [-0.05, 0) is 24.5 Å². The molecular formula is C14H10ClF3NO2-. The van der Waals surface area contributed by atoms with E-state index in [0.29, 0.717) is 12.0 Å². The van der Waals surface area contributed by atoms with E-state index in [4.69, 9.17) is 11.6 Å². The average Bonchev–Trinajstić information content (AvgIpc) is 2.84. The van der Waals surface area contributed by atoms with Crippen molar-refractivity contribution in [2.45, 2.75) is 24.6 Å². The van der Waals surface area contributed by atoms with E-state index in [1.165, 1.54) is 6.07 Å². The third kappa shape index (κ3) is 2.18. The maximum atomic E-state index is 13.1. The van der Waals surface area contributed by atoms with Crippen LogP contribution in [-0.4, -0.2) is 12.0 Å². The molecule has 0 bridgehead atoms. The number of alkyl halides is 3. The van der Waals surface area contributed by atoms with Crippen molar-refractivity contribution in [3.63, 3.8) is 0 Å². The van der Waals surface area contributed by atoms with Gasteiger partial charge >= 0.3 is 6.18 Å². The third-order valence-electron chi connectivity index (χ3n) is 4.03. The number of rotatable bonds is 1. The van der Waals surface area contributed by atoms with Crippen LogP contribution in [0.2, 0.25) is 5.02 Å². The maximum Gasteiger partial charge on any atom is 0.418 e. The van der Waals surface area contributed by atoms with Gasteiger partial charge in [-0.15, -0.1) is 0 Å². The molecule has 1 aliphatic heterocycles. The van der Waals surface area contributed by atoms with E-state index in [2.05, 4.69) is 5.32 Å². The Morgan fingerprint density at radius 2 is 2.10 bits per heavy atom. The van der Waals surface area contributed by atoms with E-state index in [1.807, 2.05) is 0 Å². The smallest absolute Gasteiger partial charge is 0.418 e. The first-order chi connectivity index (χ1) is 9.80. The summed E-state index contributed by atoms with van der Waals surface area (Å²) in [6, 6.07) is 0.893. The molecule has 7 heteroatoms. The van der Waals surface area contributed by atoms with Crippen molar-refractivity contribution < 1.29 is 23.1 Å². The Bertz CT molecular complexity index is 642. The molecule has 1 aliphatic carbocycles. The first kappa shape index (κ1) is 14.3. The largest absolute Gasteiger partial charge is 0.548 e. The summed E-state index contributed by atoms with van der Waals surface area (Å²) in [6.07, 6.45) is -0.652. The first-order valence-electron chi connectivity index (χ1n) is 6.34. The Balaban J connectivity index is 2.22. The van der Waals surface area contributed by atoms with Crippen molar-refractivity contribution in [2.75, 3.05) is 5.32 Å². The summed E-state index contributed by atoms with van der Waals surface area (Å²) in [7, 11) is 0. The monoisotopic (exact) mass is 316 g/mol. The van der Waals surface area contributed by atoms with Gasteiger partial charge in [-0.1, -0.05) is 23.8 Å². The molecule has 0 radical (unpaired) electrons. The van der Waals surface area contributed by atoms with Crippen LogP contribution >= 0.6 is 11.6 Å². The molecule has 21 heavy (non-hydrogen) atoms. The number of carboxylic acid groups (broad SMARTS) is 1. The molecule has 3 nitrogen and oxygen atoms in total. The third-order valence-corrected chi connectivity index (χ3v) is 4.36. The number of nitrogens with one attached hydrogen (secondary N) is 1. The van der Waals surface area contributed by atoms with Gasteiger partial charge in [-0.2, -0.15) is 13.2 Å². The van der Waals surface area contributed by atoms with E-state index < -0.39 is 29.7 Å². The highest BCUT2D eigenvalue weighted by Gasteiger charge is 2.43. The van der Waals surface area contributed by atoms with Crippen LogP contribution in [0, 0.1) is 5.92 Å². The number of benzene rings is 1. The predicted octanol–water partition coefficient (Wildman–Crippen LogP) is 2.56. The summed E-state index contributed by atoms with van der Waals surface area (Å²) in [5.74, 6) is -2.24. The lowest BCUT2D eigenvalue weighted by molar-refractivity contribution is -0.308. The van der Waals surface area contributed by atoms with E-state index in [-0.39, 0.29) is 16.6 Å². The van der Waals surface area contributed by atoms with Crippen molar-refractivity contribution in [1.29, 1.82) is 0 Å². The van der Waals surface area contributed by atoms with E-state index in [0.717, 1.165) is 6.07 Å². The maximum absolute atomic E-state index is 13.1. The van der Waals surface area contributed by atoms with Gasteiger partial charge in [0, 0.05) is 16.5 Å². The van der Waals surface area contributed by atoms with Crippen molar-refractivity contribution in [1.82, 2.24) is 0 Å². The number of carbonyl (C=O) groups is 1. The zero-order valence-electron chi connectivity index (χ0n) is 10.6. The van der Waals surface area contributed by atoms with Crippen LogP contribution in [0.5, 0.6) is 0 Å². The Morgan fingerprint density at radius 3 is 2.71 bits per heavy atom. The number of carboxylic acids is 1. The summed E-state index contributed by atoms with van der Waals surface area (Å²) < 4.78 is 39.3. The Labute approximate surface area is 123 Å². The molecule has 112 valence electrons.